The first-order chi connectivity index (χ1) is 9.08. The molecule has 19 heavy (non-hydrogen) atoms. The van der Waals surface area contributed by atoms with Crippen molar-refractivity contribution in [2.45, 2.75) is 98.3 Å². The van der Waals surface area contributed by atoms with Crippen LogP contribution in [0.1, 0.15) is 98.3 Å². The van der Waals surface area contributed by atoms with Gasteiger partial charge in [-0.2, -0.15) is 0 Å². The Morgan fingerprint density at radius 2 is 0.789 bits per heavy atom. The highest BCUT2D eigenvalue weighted by molar-refractivity contribution is 4.66. The van der Waals surface area contributed by atoms with E-state index < -0.39 is 0 Å². The average Bonchev–Trinajstić information content (AvgIpc) is 2.33. The van der Waals surface area contributed by atoms with E-state index in [1.54, 1.807) is 0 Å². The molecule has 0 amide bonds. The summed E-state index contributed by atoms with van der Waals surface area (Å²) in [4.78, 5) is 0. The monoisotopic (exact) mass is 266 g/mol. The van der Waals surface area contributed by atoms with Gasteiger partial charge >= 0.3 is 0 Å². The fourth-order valence-electron chi connectivity index (χ4n) is 4.00. The van der Waals surface area contributed by atoms with Crippen molar-refractivity contribution in [1.82, 2.24) is 0 Å². The molecule has 0 nitrogen and oxygen atoms in total. The minimum absolute atomic E-state index is 0.939. The molecule has 0 aromatic heterocycles. The van der Waals surface area contributed by atoms with Gasteiger partial charge in [-0.25, -0.2) is 0 Å². The molecule has 0 aromatic carbocycles. The van der Waals surface area contributed by atoms with Crippen molar-refractivity contribution in [2.75, 3.05) is 0 Å². The molecule has 0 aliphatic heterocycles. The smallest absolute Gasteiger partial charge is 0.0438 e. The number of rotatable bonds is 0. The Balaban J connectivity index is 2.37. The van der Waals surface area contributed by atoms with Crippen LogP contribution < -0.4 is 0 Å². The fraction of sp³-hybridized carbons (Fsp3) is 1.00. The van der Waals surface area contributed by atoms with Gasteiger partial charge in [-0.1, -0.05) is 85.5 Å². The number of hydrogen-bond donors (Lipinski definition) is 0. The summed E-state index contributed by atoms with van der Waals surface area (Å²) in [7, 11) is 0. The van der Waals surface area contributed by atoms with Gasteiger partial charge in [0.15, 0.2) is 0 Å². The van der Waals surface area contributed by atoms with E-state index in [9.17, 15) is 0 Å². The maximum absolute atomic E-state index is 2.48. The summed E-state index contributed by atoms with van der Waals surface area (Å²) in [6.07, 6.45) is 16.1. The Morgan fingerprint density at radius 1 is 0.421 bits per heavy atom. The molecule has 4 atom stereocenters. The zero-order valence-electron chi connectivity index (χ0n) is 14.1. The first-order valence-electron chi connectivity index (χ1n) is 9.08. The standard InChI is InChI=1S/C19H38/c1-16-10-6-5-7-12-17(2)14-19(4)15-18(3)13-9-8-11-16/h16-19H,5-15H2,1-4H3. The first kappa shape index (κ1) is 17.1. The minimum atomic E-state index is 0.939. The lowest BCUT2D eigenvalue weighted by Crippen LogP contribution is -2.08. The second kappa shape index (κ2) is 9.83. The van der Waals surface area contributed by atoms with Crippen LogP contribution in [0.25, 0.3) is 0 Å². The van der Waals surface area contributed by atoms with Gasteiger partial charge in [0.2, 0.25) is 0 Å². The van der Waals surface area contributed by atoms with Crippen molar-refractivity contribution in [3.05, 3.63) is 0 Å². The third-order valence-corrected chi connectivity index (χ3v) is 5.15. The normalized spacial score (nSPS) is 37.3. The maximum Gasteiger partial charge on any atom is -0.0438 e. The molecule has 0 N–H and O–H groups in total. The van der Waals surface area contributed by atoms with Crippen molar-refractivity contribution in [3.8, 4) is 0 Å². The van der Waals surface area contributed by atoms with Gasteiger partial charge in [0.1, 0.15) is 0 Å². The highest BCUT2D eigenvalue weighted by Crippen LogP contribution is 2.27. The van der Waals surface area contributed by atoms with Gasteiger partial charge in [0.25, 0.3) is 0 Å². The van der Waals surface area contributed by atoms with Crippen LogP contribution in [0.15, 0.2) is 0 Å². The summed E-state index contributed by atoms with van der Waals surface area (Å²) >= 11 is 0. The van der Waals surface area contributed by atoms with Crippen molar-refractivity contribution < 1.29 is 0 Å². The summed E-state index contributed by atoms with van der Waals surface area (Å²) in [5.74, 6) is 3.80. The SMILES string of the molecule is CC1CCCCCC(C)CC(C)CC(C)CCCC1. The highest BCUT2D eigenvalue weighted by Gasteiger charge is 2.13. The molecule has 0 heteroatoms. The van der Waals surface area contributed by atoms with Crippen molar-refractivity contribution in [2.24, 2.45) is 23.7 Å². The summed E-state index contributed by atoms with van der Waals surface area (Å²) in [6.45, 7) is 9.89. The van der Waals surface area contributed by atoms with Crippen LogP contribution >= 0.6 is 0 Å². The molecular weight excluding hydrogens is 228 g/mol. The molecule has 0 aromatic rings. The Hall–Kier alpha value is 0. The predicted molar refractivity (Wildman–Crippen MR) is 87.4 cm³/mol. The molecule has 1 aliphatic rings. The Morgan fingerprint density at radius 3 is 1.26 bits per heavy atom. The zero-order chi connectivity index (χ0) is 14.1. The summed E-state index contributed by atoms with van der Waals surface area (Å²) in [6, 6.07) is 0. The molecule has 0 radical (unpaired) electrons. The topological polar surface area (TPSA) is 0 Å². The van der Waals surface area contributed by atoms with Gasteiger partial charge in [0.05, 0.1) is 0 Å². The van der Waals surface area contributed by atoms with Crippen LogP contribution in [0.2, 0.25) is 0 Å². The Bertz CT molecular complexity index is 208. The van der Waals surface area contributed by atoms with Gasteiger partial charge in [0, 0.05) is 0 Å². The highest BCUT2D eigenvalue weighted by atomic mass is 14.2. The van der Waals surface area contributed by atoms with Crippen molar-refractivity contribution in [1.29, 1.82) is 0 Å². The van der Waals surface area contributed by atoms with Crippen molar-refractivity contribution >= 4 is 0 Å². The van der Waals surface area contributed by atoms with Gasteiger partial charge in [-0.3, -0.25) is 0 Å². The molecular formula is C19H38. The molecule has 1 aliphatic carbocycles. The average molecular weight is 267 g/mol. The van der Waals surface area contributed by atoms with Crippen LogP contribution in [0, 0.1) is 23.7 Å². The largest absolute Gasteiger partial charge is 0.0625 e. The lowest BCUT2D eigenvalue weighted by molar-refractivity contribution is 0.317. The fourth-order valence-corrected chi connectivity index (χ4v) is 4.00. The molecule has 0 bridgehead atoms. The molecule has 4 unspecified atom stereocenters. The van der Waals surface area contributed by atoms with Crippen LogP contribution in [-0.4, -0.2) is 0 Å². The first-order valence-corrected chi connectivity index (χ1v) is 9.08. The summed E-state index contributed by atoms with van der Waals surface area (Å²) < 4.78 is 0. The predicted octanol–water partition coefficient (Wildman–Crippen LogP) is 6.84. The quantitative estimate of drug-likeness (QED) is 0.450. The molecule has 0 spiro atoms. The van der Waals surface area contributed by atoms with Crippen molar-refractivity contribution in [3.63, 3.8) is 0 Å². The lowest BCUT2D eigenvalue weighted by Gasteiger charge is -2.20. The second-order valence-electron chi connectivity index (χ2n) is 7.81. The van der Waals surface area contributed by atoms with E-state index >= 15 is 0 Å². The van der Waals surface area contributed by atoms with E-state index in [4.69, 9.17) is 0 Å². The third-order valence-electron chi connectivity index (χ3n) is 5.15. The molecule has 1 rings (SSSR count). The Labute approximate surface area is 122 Å². The van der Waals surface area contributed by atoms with E-state index in [-0.39, 0.29) is 0 Å². The summed E-state index contributed by atoms with van der Waals surface area (Å²) in [5.41, 5.74) is 0. The Kier molecular flexibility index (Phi) is 8.83. The molecule has 1 saturated carbocycles. The van der Waals surface area contributed by atoms with Crippen LogP contribution in [0.3, 0.4) is 0 Å². The zero-order valence-corrected chi connectivity index (χ0v) is 14.1. The van der Waals surface area contributed by atoms with Crippen LogP contribution in [0.5, 0.6) is 0 Å². The maximum atomic E-state index is 2.48. The van der Waals surface area contributed by atoms with Gasteiger partial charge in [-0.05, 0) is 36.5 Å². The number of hydrogen-bond acceptors (Lipinski definition) is 0. The molecule has 0 saturated heterocycles. The van der Waals surface area contributed by atoms with Gasteiger partial charge in [-0.15, -0.1) is 0 Å². The third kappa shape index (κ3) is 8.71. The minimum Gasteiger partial charge on any atom is -0.0625 e. The second-order valence-corrected chi connectivity index (χ2v) is 7.81. The van der Waals surface area contributed by atoms with E-state index in [0.717, 1.165) is 23.7 Å². The van der Waals surface area contributed by atoms with E-state index in [1.807, 2.05) is 0 Å². The van der Waals surface area contributed by atoms with E-state index in [0.29, 0.717) is 0 Å². The van der Waals surface area contributed by atoms with E-state index in [2.05, 4.69) is 27.7 Å². The van der Waals surface area contributed by atoms with E-state index in [1.165, 1.54) is 70.6 Å². The molecule has 114 valence electrons. The summed E-state index contributed by atoms with van der Waals surface area (Å²) in [5, 5.41) is 0. The molecule has 1 fully saturated rings. The van der Waals surface area contributed by atoms with Crippen LogP contribution in [-0.2, 0) is 0 Å². The van der Waals surface area contributed by atoms with Gasteiger partial charge < -0.3 is 0 Å². The molecule has 0 heterocycles. The lowest BCUT2D eigenvalue weighted by atomic mass is 9.86. The van der Waals surface area contributed by atoms with Crippen LogP contribution in [0.4, 0.5) is 0 Å².